The van der Waals surface area contributed by atoms with Crippen LogP contribution >= 0.6 is 11.6 Å². The third kappa shape index (κ3) is 3.85. The lowest BCUT2D eigenvalue weighted by molar-refractivity contribution is 0.384. The van der Waals surface area contributed by atoms with Crippen LogP contribution in [-0.2, 0) is 15.8 Å². The maximum atomic E-state index is 13.8. The summed E-state index contributed by atoms with van der Waals surface area (Å²) in [7, 11) is -3.57. The smallest absolute Gasteiger partial charge is 0.218 e. The zero-order chi connectivity index (χ0) is 17.2. The van der Waals surface area contributed by atoms with E-state index in [9.17, 15) is 12.8 Å². The van der Waals surface area contributed by atoms with Crippen LogP contribution in [0.25, 0.3) is 0 Å². The molecular formula is C16H17ClFN3O2S. The van der Waals surface area contributed by atoms with Crippen LogP contribution in [-0.4, -0.2) is 43.9 Å². The number of nitrogens with zero attached hydrogens (tertiary/aromatic N) is 3. The fourth-order valence-corrected chi connectivity index (χ4v) is 4.39. The van der Waals surface area contributed by atoms with Gasteiger partial charge in [-0.1, -0.05) is 17.7 Å². The number of benzene rings is 1. The molecule has 0 atom stereocenters. The van der Waals surface area contributed by atoms with E-state index in [0.717, 1.165) is 11.8 Å². The largest absolute Gasteiger partial charge is 0.369 e. The van der Waals surface area contributed by atoms with Gasteiger partial charge in [0.2, 0.25) is 10.0 Å². The minimum atomic E-state index is -3.57. The van der Waals surface area contributed by atoms with Crippen molar-refractivity contribution in [1.82, 2.24) is 9.29 Å². The molecule has 1 fully saturated rings. The number of anilines is 1. The first-order chi connectivity index (χ1) is 11.5. The second kappa shape index (κ2) is 7.04. The number of hydrogen-bond donors (Lipinski definition) is 0. The molecule has 0 saturated carbocycles. The van der Waals surface area contributed by atoms with E-state index in [1.54, 1.807) is 12.4 Å². The summed E-state index contributed by atoms with van der Waals surface area (Å²) < 4.78 is 40.3. The zero-order valence-electron chi connectivity index (χ0n) is 12.9. The highest BCUT2D eigenvalue weighted by molar-refractivity contribution is 7.88. The van der Waals surface area contributed by atoms with Crippen molar-refractivity contribution in [2.24, 2.45) is 0 Å². The Balaban J connectivity index is 1.66. The lowest BCUT2D eigenvalue weighted by Crippen LogP contribution is -2.49. The molecule has 0 aliphatic carbocycles. The molecule has 128 valence electrons. The molecule has 0 unspecified atom stereocenters. The van der Waals surface area contributed by atoms with Gasteiger partial charge in [0, 0.05) is 54.8 Å². The fourth-order valence-electron chi connectivity index (χ4n) is 2.71. The van der Waals surface area contributed by atoms with Crippen molar-refractivity contribution >= 4 is 27.3 Å². The van der Waals surface area contributed by atoms with E-state index < -0.39 is 15.8 Å². The zero-order valence-corrected chi connectivity index (χ0v) is 14.5. The Morgan fingerprint density at radius 3 is 2.38 bits per heavy atom. The monoisotopic (exact) mass is 369 g/mol. The average Bonchev–Trinajstić information content (AvgIpc) is 2.58. The van der Waals surface area contributed by atoms with Gasteiger partial charge in [-0.05, 0) is 24.3 Å². The lowest BCUT2D eigenvalue weighted by Gasteiger charge is -2.35. The Kier molecular flexibility index (Phi) is 5.03. The van der Waals surface area contributed by atoms with E-state index in [-0.39, 0.29) is 16.3 Å². The van der Waals surface area contributed by atoms with Crippen LogP contribution in [0.3, 0.4) is 0 Å². The van der Waals surface area contributed by atoms with Gasteiger partial charge in [0.25, 0.3) is 0 Å². The fraction of sp³-hybridized carbons (Fsp3) is 0.312. The van der Waals surface area contributed by atoms with Crippen molar-refractivity contribution in [2.75, 3.05) is 31.1 Å². The first-order valence-electron chi connectivity index (χ1n) is 7.52. The Morgan fingerprint density at radius 2 is 1.75 bits per heavy atom. The SMILES string of the molecule is O=S(=O)(Cc1ccc(Cl)cc1F)N1CCN(c2ccncc2)CC1. The molecule has 24 heavy (non-hydrogen) atoms. The standard InChI is InChI=1S/C16H17ClFN3O2S/c17-14-2-1-13(16(18)11-14)12-24(22,23)21-9-7-20(8-10-21)15-3-5-19-6-4-15/h1-6,11H,7-10,12H2. The number of pyridine rings is 1. The number of aromatic nitrogens is 1. The van der Waals surface area contributed by atoms with Crippen LogP contribution < -0.4 is 4.90 Å². The molecule has 0 N–H and O–H groups in total. The van der Waals surface area contributed by atoms with Gasteiger partial charge in [-0.2, -0.15) is 4.31 Å². The molecule has 3 rings (SSSR count). The highest BCUT2D eigenvalue weighted by atomic mass is 35.5. The quantitative estimate of drug-likeness (QED) is 0.831. The molecule has 0 radical (unpaired) electrons. The first-order valence-corrected chi connectivity index (χ1v) is 9.51. The summed E-state index contributed by atoms with van der Waals surface area (Å²) in [6.45, 7) is 1.93. The summed E-state index contributed by atoms with van der Waals surface area (Å²) in [5.74, 6) is -0.952. The van der Waals surface area contributed by atoms with E-state index in [1.165, 1.54) is 16.4 Å². The third-order valence-electron chi connectivity index (χ3n) is 4.01. The van der Waals surface area contributed by atoms with Crippen molar-refractivity contribution in [2.45, 2.75) is 5.75 Å². The molecule has 0 bridgehead atoms. The van der Waals surface area contributed by atoms with Gasteiger partial charge in [-0.15, -0.1) is 0 Å². The van der Waals surface area contributed by atoms with E-state index in [1.807, 2.05) is 12.1 Å². The van der Waals surface area contributed by atoms with E-state index in [2.05, 4.69) is 9.88 Å². The number of halogens is 2. The van der Waals surface area contributed by atoms with Crippen molar-refractivity contribution < 1.29 is 12.8 Å². The second-order valence-corrected chi connectivity index (χ2v) is 7.99. The number of hydrogen-bond acceptors (Lipinski definition) is 4. The Hall–Kier alpha value is -1.70. The molecule has 2 heterocycles. The van der Waals surface area contributed by atoms with Crippen LogP contribution in [0, 0.1) is 5.82 Å². The van der Waals surface area contributed by atoms with Gasteiger partial charge < -0.3 is 4.90 Å². The molecule has 1 aromatic carbocycles. The minimum absolute atomic E-state index is 0.135. The highest BCUT2D eigenvalue weighted by Crippen LogP contribution is 2.21. The average molecular weight is 370 g/mol. The highest BCUT2D eigenvalue weighted by Gasteiger charge is 2.28. The summed E-state index contributed by atoms with van der Waals surface area (Å²) in [5.41, 5.74) is 1.15. The topological polar surface area (TPSA) is 53.5 Å². The number of sulfonamides is 1. The molecule has 1 aliphatic rings. The molecule has 2 aromatic rings. The predicted octanol–water partition coefficient (Wildman–Crippen LogP) is 2.53. The van der Waals surface area contributed by atoms with Gasteiger partial charge in [0.05, 0.1) is 5.75 Å². The molecule has 0 spiro atoms. The Bertz CT molecular complexity index is 809. The summed E-state index contributed by atoms with van der Waals surface area (Å²) in [5, 5.41) is 0.250. The molecule has 1 aliphatic heterocycles. The van der Waals surface area contributed by atoms with Crippen LogP contribution in [0.5, 0.6) is 0 Å². The Morgan fingerprint density at radius 1 is 1.08 bits per heavy atom. The van der Waals surface area contributed by atoms with Gasteiger partial charge in [-0.3, -0.25) is 4.98 Å². The van der Waals surface area contributed by atoms with Crippen LogP contribution in [0.2, 0.25) is 5.02 Å². The summed E-state index contributed by atoms with van der Waals surface area (Å²) in [6.07, 6.45) is 3.42. The summed E-state index contributed by atoms with van der Waals surface area (Å²) in [4.78, 5) is 6.09. The number of rotatable bonds is 4. The van der Waals surface area contributed by atoms with E-state index in [0.29, 0.717) is 26.2 Å². The molecule has 5 nitrogen and oxygen atoms in total. The van der Waals surface area contributed by atoms with E-state index in [4.69, 9.17) is 11.6 Å². The molecule has 1 aromatic heterocycles. The van der Waals surface area contributed by atoms with Crippen LogP contribution in [0.15, 0.2) is 42.7 Å². The van der Waals surface area contributed by atoms with Crippen LogP contribution in [0.4, 0.5) is 10.1 Å². The summed E-state index contributed by atoms with van der Waals surface area (Å²) in [6, 6.07) is 7.84. The van der Waals surface area contributed by atoms with Gasteiger partial charge in [0.1, 0.15) is 5.82 Å². The van der Waals surface area contributed by atoms with Gasteiger partial charge >= 0.3 is 0 Å². The first kappa shape index (κ1) is 17.1. The summed E-state index contributed by atoms with van der Waals surface area (Å²) >= 11 is 5.70. The van der Waals surface area contributed by atoms with Gasteiger partial charge in [0.15, 0.2) is 0 Å². The second-order valence-electron chi connectivity index (χ2n) is 5.58. The number of piperazine rings is 1. The van der Waals surface area contributed by atoms with Crippen molar-refractivity contribution in [3.63, 3.8) is 0 Å². The molecule has 8 heteroatoms. The lowest BCUT2D eigenvalue weighted by atomic mass is 10.2. The van der Waals surface area contributed by atoms with Crippen molar-refractivity contribution in [3.05, 3.63) is 59.1 Å². The maximum Gasteiger partial charge on any atom is 0.218 e. The Labute approximate surface area is 145 Å². The third-order valence-corrected chi connectivity index (χ3v) is 6.08. The van der Waals surface area contributed by atoms with Gasteiger partial charge in [-0.25, -0.2) is 12.8 Å². The minimum Gasteiger partial charge on any atom is -0.369 e. The predicted molar refractivity (Wildman–Crippen MR) is 92.1 cm³/mol. The molecular weight excluding hydrogens is 353 g/mol. The van der Waals surface area contributed by atoms with E-state index >= 15 is 0 Å². The molecule has 1 saturated heterocycles. The van der Waals surface area contributed by atoms with Crippen LogP contribution in [0.1, 0.15) is 5.56 Å². The molecule has 0 amide bonds. The van der Waals surface area contributed by atoms with Crippen molar-refractivity contribution in [3.8, 4) is 0 Å². The maximum absolute atomic E-state index is 13.8. The normalized spacial score (nSPS) is 16.3. The van der Waals surface area contributed by atoms with Crippen molar-refractivity contribution in [1.29, 1.82) is 0 Å².